The van der Waals surface area contributed by atoms with Crippen molar-refractivity contribution in [2.45, 2.75) is 18.2 Å². The Balaban J connectivity index is 2.59. The lowest BCUT2D eigenvalue weighted by atomic mass is 10.2. The second-order valence-electron chi connectivity index (χ2n) is 2.34. The fraction of sp³-hybridized carbons (Fsp3) is 0.375. The molecule has 1 atom stereocenters. The van der Waals surface area contributed by atoms with Crippen molar-refractivity contribution < 1.29 is 0 Å². The third-order valence-corrected chi connectivity index (χ3v) is 1.59. The van der Waals surface area contributed by atoms with Crippen molar-refractivity contribution in [1.29, 1.82) is 0 Å². The van der Waals surface area contributed by atoms with E-state index in [1.54, 1.807) is 0 Å². The Morgan fingerprint density at radius 1 is 1.50 bits per heavy atom. The Kier molecular flexibility index (Phi) is 2.87. The molecule has 0 aliphatic carbocycles. The molecule has 54 valence electrons. The lowest BCUT2D eigenvalue weighted by Crippen LogP contribution is -1.95. The predicted molar refractivity (Wildman–Crippen MR) is 46.3 cm³/mol. The van der Waals surface area contributed by atoms with Gasteiger partial charge >= 0.3 is 0 Å². The normalized spacial score (nSPS) is 13.0. The van der Waals surface area contributed by atoms with Crippen LogP contribution in [0.4, 0.5) is 0 Å². The molecule has 0 saturated heterocycles. The minimum atomic E-state index is 0.551. The molecular weight excluding hydrogens is 190 g/mol. The Hall–Kier alpha value is -0.370. The van der Waals surface area contributed by atoms with Crippen molar-refractivity contribution in [3.05, 3.63) is 30.1 Å². The monoisotopic (exact) mass is 199 g/mol. The van der Waals surface area contributed by atoms with E-state index in [0.717, 1.165) is 6.42 Å². The van der Waals surface area contributed by atoms with Crippen molar-refractivity contribution in [3.8, 4) is 0 Å². The summed E-state index contributed by atoms with van der Waals surface area (Å²) in [5.74, 6) is 0. The summed E-state index contributed by atoms with van der Waals surface area (Å²) in [5, 5.41) is 0. The van der Waals surface area contributed by atoms with Gasteiger partial charge in [0.2, 0.25) is 0 Å². The first-order valence-electron chi connectivity index (χ1n) is 3.32. The van der Waals surface area contributed by atoms with E-state index in [2.05, 4.69) is 27.8 Å². The molecule has 0 saturated carbocycles. The topological polar surface area (TPSA) is 12.9 Å². The maximum atomic E-state index is 3.94. The van der Waals surface area contributed by atoms with Crippen molar-refractivity contribution in [2.75, 3.05) is 0 Å². The zero-order valence-electron chi connectivity index (χ0n) is 5.92. The van der Waals surface area contributed by atoms with E-state index < -0.39 is 0 Å². The number of hydrogen-bond donors (Lipinski definition) is 0. The number of hydrogen-bond acceptors (Lipinski definition) is 1. The minimum Gasteiger partial charge on any atom is -0.265 e. The van der Waals surface area contributed by atoms with E-state index >= 15 is 0 Å². The lowest BCUT2D eigenvalue weighted by molar-refractivity contribution is 0.955. The third-order valence-electron chi connectivity index (χ3n) is 1.27. The van der Waals surface area contributed by atoms with Crippen LogP contribution in [0.3, 0.4) is 0 Å². The number of rotatable bonds is 2. The Labute approximate surface area is 69.6 Å². The lowest BCUT2D eigenvalue weighted by Gasteiger charge is -2.00. The molecular formula is C8H10BrN. The summed E-state index contributed by atoms with van der Waals surface area (Å²) < 4.78 is 0. The molecule has 1 aromatic heterocycles. The molecule has 1 rings (SSSR count). The number of aromatic nitrogens is 1. The van der Waals surface area contributed by atoms with E-state index in [1.165, 1.54) is 5.56 Å². The fourth-order valence-electron chi connectivity index (χ4n) is 0.844. The fourth-order valence-corrected chi connectivity index (χ4v) is 1.22. The summed E-state index contributed by atoms with van der Waals surface area (Å²) in [6.45, 7) is 2.14. The molecule has 1 heterocycles. The zero-order valence-corrected chi connectivity index (χ0v) is 7.51. The Bertz CT molecular complexity index is 184. The molecule has 0 spiro atoms. The Morgan fingerprint density at radius 2 is 2.10 bits per heavy atom. The van der Waals surface area contributed by atoms with Gasteiger partial charge in [0.25, 0.3) is 0 Å². The quantitative estimate of drug-likeness (QED) is 0.668. The van der Waals surface area contributed by atoms with Crippen LogP contribution in [0.5, 0.6) is 0 Å². The smallest absolute Gasteiger partial charge is 0.0270 e. The van der Waals surface area contributed by atoms with Gasteiger partial charge in [0, 0.05) is 17.2 Å². The first-order valence-corrected chi connectivity index (χ1v) is 4.23. The third kappa shape index (κ3) is 2.48. The van der Waals surface area contributed by atoms with Crippen LogP contribution in [0.25, 0.3) is 0 Å². The predicted octanol–water partition coefficient (Wildman–Crippen LogP) is 2.41. The average molecular weight is 200 g/mol. The maximum Gasteiger partial charge on any atom is 0.0270 e. The minimum absolute atomic E-state index is 0.551. The maximum absolute atomic E-state index is 3.94. The molecule has 1 aromatic rings. The number of alkyl halides is 1. The summed E-state index contributed by atoms with van der Waals surface area (Å²) >= 11 is 3.49. The second kappa shape index (κ2) is 3.71. The van der Waals surface area contributed by atoms with Crippen LogP contribution in [0.1, 0.15) is 12.5 Å². The van der Waals surface area contributed by atoms with E-state index in [-0.39, 0.29) is 0 Å². The summed E-state index contributed by atoms with van der Waals surface area (Å²) in [6, 6.07) is 4.08. The molecule has 0 fully saturated rings. The van der Waals surface area contributed by atoms with Gasteiger partial charge in [0.15, 0.2) is 0 Å². The Morgan fingerprint density at radius 3 is 2.60 bits per heavy atom. The van der Waals surface area contributed by atoms with Crippen LogP contribution in [-0.2, 0) is 6.42 Å². The van der Waals surface area contributed by atoms with Crippen LogP contribution < -0.4 is 0 Å². The number of halogens is 1. The summed E-state index contributed by atoms with van der Waals surface area (Å²) in [5.41, 5.74) is 1.33. The summed E-state index contributed by atoms with van der Waals surface area (Å²) in [6.07, 6.45) is 4.72. The molecule has 0 aliphatic heterocycles. The molecule has 0 amide bonds. The van der Waals surface area contributed by atoms with Crippen LogP contribution >= 0.6 is 15.9 Å². The van der Waals surface area contributed by atoms with Gasteiger partial charge in [0.05, 0.1) is 0 Å². The van der Waals surface area contributed by atoms with Crippen molar-refractivity contribution in [3.63, 3.8) is 0 Å². The second-order valence-corrected chi connectivity index (χ2v) is 3.90. The van der Waals surface area contributed by atoms with Crippen molar-refractivity contribution in [1.82, 2.24) is 4.98 Å². The van der Waals surface area contributed by atoms with E-state index in [4.69, 9.17) is 0 Å². The van der Waals surface area contributed by atoms with Gasteiger partial charge in [-0.05, 0) is 24.1 Å². The highest BCUT2D eigenvalue weighted by atomic mass is 79.9. The average Bonchev–Trinajstić information content (AvgIpc) is 1.88. The molecule has 1 nitrogen and oxygen atoms in total. The van der Waals surface area contributed by atoms with Gasteiger partial charge in [-0.3, -0.25) is 4.98 Å². The zero-order chi connectivity index (χ0) is 7.40. The molecule has 0 radical (unpaired) electrons. The number of nitrogens with zero attached hydrogens (tertiary/aromatic N) is 1. The first kappa shape index (κ1) is 7.73. The molecule has 0 N–H and O–H groups in total. The molecule has 10 heavy (non-hydrogen) atoms. The standard InChI is InChI=1S/C8H10BrN/c1-7(9)6-8-2-4-10-5-3-8/h2-5,7H,6H2,1H3. The van der Waals surface area contributed by atoms with E-state index in [1.807, 2.05) is 24.5 Å². The van der Waals surface area contributed by atoms with Crippen molar-refractivity contribution in [2.24, 2.45) is 0 Å². The summed E-state index contributed by atoms with van der Waals surface area (Å²) in [7, 11) is 0. The number of pyridine rings is 1. The van der Waals surface area contributed by atoms with Gasteiger partial charge in [-0.15, -0.1) is 0 Å². The van der Waals surface area contributed by atoms with E-state index in [0.29, 0.717) is 4.83 Å². The highest BCUT2D eigenvalue weighted by Gasteiger charge is 1.96. The van der Waals surface area contributed by atoms with Crippen LogP contribution in [-0.4, -0.2) is 9.81 Å². The van der Waals surface area contributed by atoms with Gasteiger partial charge in [-0.2, -0.15) is 0 Å². The SMILES string of the molecule is CC(Br)Cc1ccncc1. The van der Waals surface area contributed by atoms with Crippen LogP contribution in [0, 0.1) is 0 Å². The van der Waals surface area contributed by atoms with E-state index in [9.17, 15) is 0 Å². The van der Waals surface area contributed by atoms with Gasteiger partial charge in [-0.1, -0.05) is 22.9 Å². The largest absolute Gasteiger partial charge is 0.265 e. The van der Waals surface area contributed by atoms with Crippen molar-refractivity contribution >= 4 is 15.9 Å². The highest BCUT2D eigenvalue weighted by molar-refractivity contribution is 9.09. The van der Waals surface area contributed by atoms with Crippen LogP contribution in [0.2, 0.25) is 0 Å². The summed E-state index contributed by atoms with van der Waals surface area (Å²) in [4.78, 5) is 4.49. The van der Waals surface area contributed by atoms with Gasteiger partial charge < -0.3 is 0 Å². The van der Waals surface area contributed by atoms with Crippen LogP contribution in [0.15, 0.2) is 24.5 Å². The van der Waals surface area contributed by atoms with Gasteiger partial charge in [0.1, 0.15) is 0 Å². The highest BCUT2D eigenvalue weighted by Crippen LogP contribution is 2.07. The first-order chi connectivity index (χ1) is 4.79. The molecule has 0 aromatic carbocycles. The van der Waals surface area contributed by atoms with Gasteiger partial charge in [-0.25, -0.2) is 0 Å². The molecule has 0 aliphatic rings. The molecule has 2 heteroatoms. The molecule has 0 bridgehead atoms. The molecule has 1 unspecified atom stereocenters.